The van der Waals surface area contributed by atoms with Gasteiger partial charge in [-0.25, -0.2) is 4.79 Å². The van der Waals surface area contributed by atoms with Gasteiger partial charge in [0.15, 0.2) is 0 Å². The van der Waals surface area contributed by atoms with Crippen LogP contribution in [0.25, 0.3) is 0 Å². The molecule has 0 spiro atoms. The number of hydrogen-bond donors (Lipinski definition) is 2. The number of urea groups is 1. The first kappa shape index (κ1) is 18.6. The molecule has 2 aromatic rings. The Kier molecular flexibility index (Phi) is 4.99. The molecule has 2 N–H and O–H groups in total. The molecule has 0 aromatic heterocycles. The largest absolute Gasteiger partial charge is 0.336 e. The van der Waals surface area contributed by atoms with Crippen LogP contribution in [0, 0.1) is 0 Å². The highest BCUT2D eigenvalue weighted by Crippen LogP contribution is 2.23. The molecule has 0 saturated heterocycles. The molecule has 0 radical (unpaired) electrons. The molecule has 6 heteroatoms. The zero-order valence-electron chi connectivity index (χ0n) is 15.7. The molecule has 0 aliphatic carbocycles. The lowest BCUT2D eigenvalue weighted by atomic mass is 9.87. The van der Waals surface area contributed by atoms with Crippen molar-refractivity contribution in [1.29, 1.82) is 0 Å². The number of hydrogen-bond acceptors (Lipinski definition) is 3. The van der Waals surface area contributed by atoms with Crippen molar-refractivity contribution in [3.05, 3.63) is 65.2 Å². The van der Waals surface area contributed by atoms with E-state index in [0.717, 1.165) is 4.90 Å². The second-order valence-electron chi connectivity index (χ2n) is 7.52. The van der Waals surface area contributed by atoms with E-state index >= 15 is 0 Å². The Hall–Kier alpha value is -3.15. The van der Waals surface area contributed by atoms with Crippen LogP contribution in [0.2, 0.25) is 0 Å². The molecule has 0 saturated carbocycles. The fraction of sp³-hybridized carbons (Fsp3) is 0.286. The molecule has 140 valence electrons. The van der Waals surface area contributed by atoms with Gasteiger partial charge in [-0.05, 0) is 35.2 Å². The van der Waals surface area contributed by atoms with Crippen LogP contribution < -0.4 is 10.6 Å². The number of rotatable bonds is 4. The van der Waals surface area contributed by atoms with Crippen LogP contribution in [0.1, 0.15) is 47.1 Å². The van der Waals surface area contributed by atoms with E-state index in [-0.39, 0.29) is 36.3 Å². The van der Waals surface area contributed by atoms with E-state index in [4.69, 9.17) is 0 Å². The van der Waals surface area contributed by atoms with E-state index < -0.39 is 0 Å². The SMILES string of the molecule is CC(C)(C)c1ccc(NC(=O)NCCN2C(=O)c3ccccc3C2=O)cc1. The summed E-state index contributed by atoms with van der Waals surface area (Å²) < 4.78 is 0. The third-order valence-corrected chi connectivity index (χ3v) is 4.51. The number of nitrogens with zero attached hydrogens (tertiary/aromatic N) is 1. The highest BCUT2D eigenvalue weighted by Gasteiger charge is 2.34. The quantitative estimate of drug-likeness (QED) is 0.815. The Bertz CT molecular complexity index is 847. The van der Waals surface area contributed by atoms with Crippen LogP contribution >= 0.6 is 0 Å². The van der Waals surface area contributed by atoms with Gasteiger partial charge in [-0.2, -0.15) is 0 Å². The first-order valence-corrected chi connectivity index (χ1v) is 8.88. The molecule has 4 amide bonds. The van der Waals surface area contributed by atoms with Crippen LogP contribution in [0.5, 0.6) is 0 Å². The smallest absolute Gasteiger partial charge is 0.319 e. The number of amides is 4. The minimum Gasteiger partial charge on any atom is -0.336 e. The van der Waals surface area contributed by atoms with Gasteiger partial charge in [0.2, 0.25) is 0 Å². The number of anilines is 1. The van der Waals surface area contributed by atoms with E-state index in [1.165, 1.54) is 5.56 Å². The minimum atomic E-state index is -0.380. The van der Waals surface area contributed by atoms with Crippen molar-refractivity contribution < 1.29 is 14.4 Å². The fourth-order valence-electron chi connectivity index (χ4n) is 2.95. The molecule has 3 rings (SSSR count). The topological polar surface area (TPSA) is 78.5 Å². The first-order valence-electron chi connectivity index (χ1n) is 8.88. The number of benzene rings is 2. The van der Waals surface area contributed by atoms with Crippen molar-refractivity contribution in [2.45, 2.75) is 26.2 Å². The van der Waals surface area contributed by atoms with Gasteiger partial charge in [0, 0.05) is 18.8 Å². The number of fused-ring (bicyclic) bond motifs is 1. The second kappa shape index (κ2) is 7.23. The molecule has 0 atom stereocenters. The zero-order valence-corrected chi connectivity index (χ0v) is 15.7. The molecule has 6 nitrogen and oxygen atoms in total. The molecule has 1 aliphatic rings. The number of carbonyl (C=O) groups is 3. The predicted octanol–water partition coefficient (Wildman–Crippen LogP) is 3.40. The first-order chi connectivity index (χ1) is 12.8. The van der Waals surface area contributed by atoms with Gasteiger partial charge in [0.05, 0.1) is 11.1 Å². The second-order valence-corrected chi connectivity index (χ2v) is 7.52. The van der Waals surface area contributed by atoms with Gasteiger partial charge in [-0.15, -0.1) is 0 Å². The van der Waals surface area contributed by atoms with Crippen molar-refractivity contribution >= 4 is 23.5 Å². The normalized spacial score (nSPS) is 13.5. The van der Waals surface area contributed by atoms with Crippen LogP contribution in [0.3, 0.4) is 0 Å². The van der Waals surface area contributed by atoms with Crippen molar-refractivity contribution in [3.63, 3.8) is 0 Å². The zero-order chi connectivity index (χ0) is 19.6. The maximum absolute atomic E-state index is 12.3. The third kappa shape index (κ3) is 4.00. The van der Waals surface area contributed by atoms with E-state index in [1.54, 1.807) is 24.3 Å². The number of imide groups is 1. The van der Waals surface area contributed by atoms with E-state index in [9.17, 15) is 14.4 Å². The molecule has 1 heterocycles. The summed E-state index contributed by atoms with van der Waals surface area (Å²) in [5.41, 5.74) is 2.73. The Balaban J connectivity index is 1.51. The lowest BCUT2D eigenvalue weighted by Crippen LogP contribution is -2.39. The molecule has 0 fully saturated rings. The fourth-order valence-corrected chi connectivity index (χ4v) is 2.95. The van der Waals surface area contributed by atoms with Crippen molar-refractivity contribution in [2.24, 2.45) is 0 Å². The van der Waals surface area contributed by atoms with Gasteiger partial charge in [0.25, 0.3) is 11.8 Å². The molecule has 2 aromatic carbocycles. The summed E-state index contributed by atoms with van der Waals surface area (Å²) in [6, 6.07) is 14.0. The average molecular weight is 365 g/mol. The lowest BCUT2D eigenvalue weighted by Gasteiger charge is -2.19. The third-order valence-electron chi connectivity index (χ3n) is 4.51. The molecular formula is C21H23N3O3. The summed E-state index contributed by atoms with van der Waals surface area (Å²) in [5.74, 6) is -0.647. The average Bonchev–Trinajstić information content (AvgIpc) is 2.87. The van der Waals surface area contributed by atoms with E-state index in [0.29, 0.717) is 16.8 Å². The van der Waals surface area contributed by atoms with Crippen LogP contribution in [-0.2, 0) is 5.41 Å². The highest BCUT2D eigenvalue weighted by molar-refractivity contribution is 6.21. The standard InChI is InChI=1S/C21H23N3O3/c1-21(2,3)14-8-10-15(11-9-14)23-20(27)22-12-13-24-18(25)16-6-4-5-7-17(16)19(24)26/h4-11H,12-13H2,1-3H3,(H2,22,23,27). The van der Waals surface area contributed by atoms with Crippen LogP contribution in [0.15, 0.2) is 48.5 Å². The summed E-state index contributed by atoms with van der Waals surface area (Å²) in [4.78, 5) is 37.7. The van der Waals surface area contributed by atoms with E-state index in [1.807, 2.05) is 24.3 Å². The van der Waals surface area contributed by atoms with Gasteiger partial charge in [-0.1, -0.05) is 45.0 Å². The van der Waals surface area contributed by atoms with Gasteiger partial charge < -0.3 is 10.6 Å². The van der Waals surface area contributed by atoms with E-state index in [2.05, 4.69) is 31.4 Å². The minimum absolute atomic E-state index is 0.0488. The molecule has 27 heavy (non-hydrogen) atoms. The summed E-state index contributed by atoms with van der Waals surface area (Å²) in [7, 11) is 0. The van der Waals surface area contributed by atoms with Crippen LogP contribution in [0.4, 0.5) is 10.5 Å². The molecule has 0 bridgehead atoms. The molecular weight excluding hydrogens is 342 g/mol. The maximum Gasteiger partial charge on any atom is 0.319 e. The van der Waals surface area contributed by atoms with Gasteiger partial charge in [-0.3, -0.25) is 14.5 Å². The lowest BCUT2D eigenvalue weighted by molar-refractivity contribution is 0.0656. The molecule has 1 aliphatic heterocycles. The monoisotopic (exact) mass is 365 g/mol. The predicted molar refractivity (Wildman–Crippen MR) is 104 cm³/mol. The Morgan fingerprint density at radius 3 is 2.00 bits per heavy atom. The summed E-state index contributed by atoms with van der Waals surface area (Å²) in [6.45, 7) is 6.68. The number of nitrogens with one attached hydrogen (secondary N) is 2. The van der Waals surface area contributed by atoms with Gasteiger partial charge >= 0.3 is 6.03 Å². The maximum atomic E-state index is 12.3. The Morgan fingerprint density at radius 1 is 0.926 bits per heavy atom. The van der Waals surface area contributed by atoms with Crippen molar-refractivity contribution in [2.75, 3.05) is 18.4 Å². The summed E-state index contributed by atoms with van der Waals surface area (Å²) in [6.07, 6.45) is 0. The summed E-state index contributed by atoms with van der Waals surface area (Å²) in [5, 5.41) is 5.42. The van der Waals surface area contributed by atoms with Crippen molar-refractivity contribution in [3.8, 4) is 0 Å². The number of carbonyl (C=O) groups excluding carboxylic acids is 3. The Morgan fingerprint density at radius 2 is 1.48 bits per heavy atom. The van der Waals surface area contributed by atoms with Crippen molar-refractivity contribution in [1.82, 2.24) is 10.2 Å². The Labute approximate surface area is 158 Å². The highest BCUT2D eigenvalue weighted by atomic mass is 16.2. The van der Waals surface area contributed by atoms with Crippen LogP contribution in [-0.4, -0.2) is 35.8 Å². The summed E-state index contributed by atoms with van der Waals surface area (Å²) >= 11 is 0. The molecule has 0 unspecified atom stereocenters. The van der Waals surface area contributed by atoms with Gasteiger partial charge in [0.1, 0.15) is 0 Å².